The van der Waals surface area contributed by atoms with Crippen LogP contribution in [-0.4, -0.2) is 0 Å². The van der Waals surface area contributed by atoms with Gasteiger partial charge in [-0.2, -0.15) is 0 Å². The van der Waals surface area contributed by atoms with E-state index < -0.39 is 0 Å². The van der Waals surface area contributed by atoms with E-state index in [2.05, 4.69) is 122 Å². The highest BCUT2D eigenvalue weighted by Crippen LogP contribution is 2.23. The molecule has 0 saturated carbocycles. The van der Waals surface area contributed by atoms with Crippen LogP contribution in [-0.2, 0) is 38.5 Å². The van der Waals surface area contributed by atoms with Crippen molar-refractivity contribution in [2.24, 2.45) is 0 Å². The summed E-state index contributed by atoms with van der Waals surface area (Å²) < 4.78 is 0. The number of hydrogen-bond acceptors (Lipinski definition) is 2. The van der Waals surface area contributed by atoms with Gasteiger partial charge < -0.3 is 11.5 Å². The number of benzene rings is 6. The molecule has 0 aliphatic rings. The molecule has 0 amide bonds. The molecule has 2 nitrogen and oxygen atoms in total. The molecule has 0 spiro atoms. The summed E-state index contributed by atoms with van der Waals surface area (Å²) in [5.74, 6) is 0. The average molecular weight is 671 g/mol. The zero-order valence-corrected chi connectivity index (χ0v) is 30.4. The molecule has 6 rings (SSSR count). The molecule has 0 aliphatic carbocycles. The second-order valence-electron chi connectivity index (χ2n) is 14.4. The van der Waals surface area contributed by atoms with Gasteiger partial charge >= 0.3 is 0 Å². The monoisotopic (exact) mass is 670 g/mol. The quantitative estimate of drug-likeness (QED) is 0.0749. The highest BCUT2D eigenvalue weighted by Gasteiger charge is 2.08. The van der Waals surface area contributed by atoms with Gasteiger partial charge in [0, 0.05) is 11.4 Å². The van der Waals surface area contributed by atoms with Crippen LogP contribution in [0.15, 0.2) is 140 Å². The molecule has 0 unspecified atom stereocenters. The molecule has 6 aromatic rings. The van der Waals surface area contributed by atoms with Crippen LogP contribution in [0, 0.1) is 0 Å². The zero-order valence-electron chi connectivity index (χ0n) is 30.4. The van der Waals surface area contributed by atoms with E-state index in [-0.39, 0.29) is 0 Å². The van der Waals surface area contributed by atoms with Crippen molar-refractivity contribution in [2.75, 3.05) is 11.5 Å². The van der Waals surface area contributed by atoms with Crippen molar-refractivity contribution < 1.29 is 0 Å². The first-order valence-electron chi connectivity index (χ1n) is 19.0. The van der Waals surface area contributed by atoms with Gasteiger partial charge in [0.05, 0.1) is 0 Å². The minimum Gasteiger partial charge on any atom is -0.399 e. The standard InChI is InChI=1S/C49H54N2/c1-2-3-4-5-6-7-8-46-36-45(21-26-47(46)35-44-24-29-49(51)30-25-44)34-42-19-17-40(18-20-42)32-38-11-9-37(10-12-38)31-39-13-15-41(16-14-39)33-43-22-27-48(50)28-23-43/h9-30,36H,2-8,31-35,50-51H2,1H3. The fourth-order valence-corrected chi connectivity index (χ4v) is 7.05. The van der Waals surface area contributed by atoms with Gasteiger partial charge in [-0.1, -0.05) is 154 Å². The fourth-order valence-electron chi connectivity index (χ4n) is 7.05. The highest BCUT2D eigenvalue weighted by molar-refractivity contribution is 5.44. The van der Waals surface area contributed by atoms with Gasteiger partial charge in [0.2, 0.25) is 0 Å². The van der Waals surface area contributed by atoms with Crippen molar-refractivity contribution in [1.29, 1.82) is 0 Å². The second kappa shape index (κ2) is 18.2. The number of rotatable bonds is 17. The molecule has 0 heterocycles. The third-order valence-electron chi connectivity index (χ3n) is 10.1. The van der Waals surface area contributed by atoms with Crippen molar-refractivity contribution in [3.05, 3.63) is 201 Å². The SMILES string of the molecule is CCCCCCCCc1cc(Cc2ccc(Cc3ccc(Cc4ccc(Cc5ccc(N)cc5)cc4)cc3)cc2)ccc1Cc1ccc(N)cc1. The molecule has 0 atom stereocenters. The molecular formula is C49H54N2. The summed E-state index contributed by atoms with van der Waals surface area (Å²) in [6.07, 6.45) is 13.8. The van der Waals surface area contributed by atoms with Crippen molar-refractivity contribution in [3.63, 3.8) is 0 Å². The van der Waals surface area contributed by atoms with Crippen molar-refractivity contribution >= 4 is 11.4 Å². The molecule has 0 fully saturated rings. The lowest BCUT2D eigenvalue weighted by Gasteiger charge is -2.13. The highest BCUT2D eigenvalue weighted by atomic mass is 14.5. The summed E-state index contributed by atoms with van der Waals surface area (Å²) in [5, 5.41) is 0. The minimum atomic E-state index is 0.810. The normalized spacial score (nSPS) is 11.2. The van der Waals surface area contributed by atoms with Crippen molar-refractivity contribution in [2.45, 2.75) is 84.0 Å². The first-order valence-corrected chi connectivity index (χ1v) is 19.0. The summed E-state index contributed by atoms with van der Waals surface area (Å²) in [6, 6.07) is 51.1. The van der Waals surface area contributed by atoms with Gasteiger partial charge in [-0.15, -0.1) is 0 Å². The topological polar surface area (TPSA) is 52.0 Å². The van der Waals surface area contributed by atoms with Gasteiger partial charge in [0.1, 0.15) is 0 Å². The lowest BCUT2D eigenvalue weighted by Crippen LogP contribution is -2.00. The Hall–Kier alpha value is -5.08. The van der Waals surface area contributed by atoms with Crippen molar-refractivity contribution in [1.82, 2.24) is 0 Å². The number of nitrogen functional groups attached to an aromatic ring is 2. The van der Waals surface area contributed by atoms with Crippen LogP contribution in [0.5, 0.6) is 0 Å². The van der Waals surface area contributed by atoms with Gasteiger partial charge in [-0.05, 0) is 130 Å². The van der Waals surface area contributed by atoms with Gasteiger partial charge in [-0.3, -0.25) is 0 Å². The van der Waals surface area contributed by atoms with E-state index in [1.807, 2.05) is 24.3 Å². The van der Waals surface area contributed by atoms with Crippen molar-refractivity contribution in [3.8, 4) is 0 Å². The molecule has 0 bridgehead atoms. The van der Waals surface area contributed by atoms with E-state index in [9.17, 15) is 0 Å². The van der Waals surface area contributed by atoms with Crippen LogP contribution in [0.4, 0.5) is 11.4 Å². The summed E-state index contributed by atoms with van der Waals surface area (Å²) in [7, 11) is 0. The van der Waals surface area contributed by atoms with Crippen LogP contribution >= 0.6 is 0 Å². The minimum absolute atomic E-state index is 0.810. The molecule has 0 saturated heterocycles. The lowest BCUT2D eigenvalue weighted by molar-refractivity contribution is 0.606. The van der Waals surface area contributed by atoms with Gasteiger partial charge in [0.25, 0.3) is 0 Å². The van der Waals surface area contributed by atoms with Gasteiger partial charge in [-0.25, -0.2) is 0 Å². The van der Waals surface area contributed by atoms with Crippen LogP contribution < -0.4 is 11.5 Å². The van der Waals surface area contributed by atoms with Crippen LogP contribution in [0.1, 0.15) is 107 Å². The van der Waals surface area contributed by atoms with E-state index in [0.717, 1.165) is 49.9 Å². The second-order valence-corrected chi connectivity index (χ2v) is 14.4. The van der Waals surface area contributed by atoms with E-state index in [0.29, 0.717) is 0 Å². The Labute approximate surface area is 306 Å². The number of anilines is 2. The average Bonchev–Trinajstić information content (AvgIpc) is 3.15. The molecule has 6 aromatic carbocycles. The molecule has 0 radical (unpaired) electrons. The number of unbranched alkanes of at least 4 members (excludes halogenated alkanes) is 5. The molecular weight excluding hydrogens is 617 g/mol. The molecule has 0 aliphatic heterocycles. The zero-order chi connectivity index (χ0) is 35.3. The Morgan fingerprint density at radius 1 is 0.314 bits per heavy atom. The maximum atomic E-state index is 5.96. The predicted molar refractivity (Wildman–Crippen MR) is 219 cm³/mol. The Bertz CT molecular complexity index is 1920. The molecule has 0 aromatic heterocycles. The molecule has 51 heavy (non-hydrogen) atoms. The van der Waals surface area contributed by atoms with Crippen LogP contribution in [0.3, 0.4) is 0 Å². The van der Waals surface area contributed by atoms with E-state index in [4.69, 9.17) is 11.5 Å². The van der Waals surface area contributed by atoms with E-state index in [1.54, 1.807) is 0 Å². The van der Waals surface area contributed by atoms with E-state index in [1.165, 1.54) is 99.7 Å². The third kappa shape index (κ3) is 11.2. The first-order chi connectivity index (χ1) is 25.0. The summed E-state index contributed by atoms with van der Waals surface area (Å²) >= 11 is 0. The van der Waals surface area contributed by atoms with E-state index >= 15 is 0 Å². The summed E-state index contributed by atoms with van der Waals surface area (Å²) in [6.45, 7) is 2.29. The fraction of sp³-hybridized carbons (Fsp3) is 0.265. The molecule has 2 heteroatoms. The Morgan fingerprint density at radius 2 is 0.627 bits per heavy atom. The first kappa shape index (κ1) is 35.7. The summed E-state index contributed by atoms with van der Waals surface area (Å²) in [4.78, 5) is 0. The maximum Gasteiger partial charge on any atom is 0.0314 e. The molecule has 4 N–H and O–H groups in total. The third-order valence-corrected chi connectivity index (χ3v) is 10.1. The Kier molecular flexibility index (Phi) is 12.8. The maximum absolute atomic E-state index is 5.96. The molecule has 260 valence electrons. The predicted octanol–water partition coefficient (Wildman–Crippen LogP) is 11.7. The summed E-state index contributed by atoms with van der Waals surface area (Å²) in [5.41, 5.74) is 28.5. The number of hydrogen-bond donors (Lipinski definition) is 2. The number of aryl methyl sites for hydroxylation is 1. The largest absolute Gasteiger partial charge is 0.399 e. The Morgan fingerprint density at radius 3 is 1.04 bits per heavy atom. The van der Waals surface area contributed by atoms with Gasteiger partial charge in [0.15, 0.2) is 0 Å². The number of nitrogens with two attached hydrogens (primary N) is 2. The van der Waals surface area contributed by atoms with Crippen LogP contribution in [0.25, 0.3) is 0 Å². The lowest BCUT2D eigenvalue weighted by atomic mass is 9.92. The van der Waals surface area contributed by atoms with Crippen LogP contribution in [0.2, 0.25) is 0 Å². The Balaban J connectivity index is 1.03. The smallest absolute Gasteiger partial charge is 0.0314 e.